The van der Waals surface area contributed by atoms with Gasteiger partial charge in [0.15, 0.2) is 11.6 Å². The summed E-state index contributed by atoms with van der Waals surface area (Å²) < 4.78 is 32.8. The van der Waals surface area contributed by atoms with Crippen LogP contribution in [0.3, 0.4) is 0 Å². The number of aryl methyl sites for hydroxylation is 2. The van der Waals surface area contributed by atoms with Gasteiger partial charge in [0.05, 0.1) is 6.10 Å². The fraction of sp³-hybridized carbons (Fsp3) is 0.250. The zero-order valence-corrected chi connectivity index (χ0v) is 11.6. The molecule has 0 bridgehead atoms. The van der Waals surface area contributed by atoms with Crippen molar-refractivity contribution < 1.29 is 18.6 Å². The Morgan fingerprint density at radius 2 is 1.70 bits per heavy atom. The molecular weight excluding hydrogens is 262 g/mol. The molecule has 2 rings (SSSR count). The largest absolute Gasteiger partial charge is 0.454 e. The van der Waals surface area contributed by atoms with E-state index >= 15 is 0 Å². The van der Waals surface area contributed by atoms with E-state index in [1.54, 1.807) is 19.1 Å². The number of benzene rings is 2. The first-order valence-corrected chi connectivity index (χ1v) is 6.30. The van der Waals surface area contributed by atoms with Gasteiger partial charge in [-0.1, -0.05) is 6.07 Å². The number of aliphatic hydroxyl groups excluding tert-OH is 1. The highest BCUT2D eigenvalue weighted by molar-refractivity contribution is 5.43. The standard InChI is InChI=1S/C16H16F2O2/c1-9-4-5-13(17)16(6-9)20-15-7-10(2)14(18)8-12(15)11(3)19/h4-8,11,19H,1-3H3/t11-/m0/s1. The number of hydrogen-bond donors (Lipinski definition) is 1. The molecule has 0 aliphatic carbocycles. The van der Waals surface area contributed by atoms with Gasteiger partial charge in [-0.3, -0.25) is 0 Å². The van der Waals surface area contributed by atoms with Crippen LogP contribution < -0.4 is 4.74 Å². The average Bonchev–Trinajstić information content (AvgIpc) is 2.37. The monoisotopic (exact) mass is 278 g/mol. The maximum atomic E-state index is 13.7. The van der Waals surface area contributed by atoms with Crippen molar-refractivity contribution in [2.75, 3.05) is 0 Å². The van der Waals surface area contributed by atoms with Crippen LogP contribution in [-0.4, -0.2) is 5.11 Å². The van der Waals surface area contributed by atoms with Crippen LogP contribution in [0.5, 0.6) is 11.5 Å². The predicted octanol–water partition coefficient (Wildman–Crippen LogP) is 4.43. The number of hydrogen-bond acceptors (Lipinski definition) is 2. The highest BCUT2D eigenvalue weighted by Crippen LogP contribution is 2.33. The maximum absolute atomic E-state index is 13.7. The Kier molecular flexibility index (Phi) is 4.04. The van der Waals surface area contributed by atoms with Gasteiger partial charge in [-0.25, -0.2) is 8.78 Å². The summed E-state index contributed by atoms with van der Waals surface area (Å²) in [4.78, 5) is 0. The molecule has 4 heteroatoms. The summed E-state index contributed by atoms with van der Waals surface area (Å²) in [5, 5.41) is 9.68. The molecule has 0 fully saturated rings. The lowest BCUT2D eigenvalue weighted by molar-refractivity contribution is 0.195. The molecule has 2 nitrogen and oxygen atoms in total. The molecule has 0 spiro atoms. The molecule has 0 saturated heterocycles. The molecular formula is C16H16F2O2. The molecule has 2 aromatic rings. The van der Waals surface area contributed by atoms with Gasteiger partial charge in [-0.2, -0.15) is 0 Å². The minimum absolute atomic E-state index is 0.0536. The molecule has 20 heavy (non-hydrogen) atoms. The molecule has 0 aliphatic rings. The molecule has 1 atom stereocenters. The van der Waals surface area contributed by atoms with E-state index in [1.807, 2.05) is 6.92 Å². The number of ether oxygens (including phenoxy) is 1. The molecule has 0 radical (unpaired) electrons. The van der Waals surface area contributed by atoms with Crippen molar-refractivity contribution in [2.45, 2.75) is 26.9 Å². The fourth-order valence-electron chi connectivity index (χ4n) is 1.89. The van der Waals surface area contributed by atoms with Gasteiger partial charge in [-0.15, -0.1) is 0 Å². The molecule has 0 amide bonds. The smallest absolute Gasteiger partial charge is 0.165 e. The third kappa shape index (κ3) is 2.96. The molecule has 0 saturated carbocycles. The van der Waals surface area contributed by atoms with Crippen LogP contribution in [0.1, 0.15) is 29.7 Å². The van der Waals surface area contributed by atoms with Crippen LogP contribution in [-0.2, 0) is 0 Å². The summed E-state index contributed by atoms with van der Waals surface area (Å²) in [5.41, 5.74) is 1.50. The Labute approximate surface area is 116 Å². The summed E-state index contributed by atoms with van der Waals surface area (Å²) in [5.74, 6) is -0.631. The predicted molar refractivity (Wildman–Crippen MR) is 73.0 cm³/mol. The maximum Gasteiger partial charge on any atom is 0.165 e. The van der Waals surface area contributed by atoms with Crippen molar-refractivity contribution in [1.29, 1.82) is 0 Å². The topological polar surface area (TPSA) is 29.5 Å². The van der Waals surface area contributed by atoms with Crippen LogP contribution in [0.2, 0.25) is 0 Å². The number of rotatable bonds is 3. The molecule has 0 aliphatic heterocycles. The zero-order valence-electron chi connectivity index (χ0n) is 11.6. The van der Waals surface area contributed by atoms with Crippen LogP contribution in [0, 0.1) is 25.5 Å². The average molecular weight is 278 g/mol. The van der Waals surface area contributed by atoms with E-state index in [2.05, 4.69) is 0 Å². The minimum Gasteiger partial charge on any atom is -0.454 e. The van der Waals surface area contributed by atoms with Crippen molar-refractivity contribution in [3.63, 3.8) is 0 Å². The van der Waals surface area contributed by atoms with Crippen LogP contribution in [0.4, 0.5) is 8.78 Å². The number of halogens is 2. The number of aliphatic hydroxyl groups is 1. The van der Waals surface area contributed by atoms with Crippen molar-refractivity contribution in [1.82, 2.24) is 0 Å². The lowest BCUT2D eigenvalue weighted by Crippen LogP contribution is -2.00. The molecule has 1 N–H and O–H groups in total. The van der Waals surface area contributed by atoms with E-state index < -0.39 is 17.7 Å². The highest BCUT2D eigenvalue weighted by Gasteiger charge is 2.15. The Bertz CT molecular complexity index is 637. The van der Waals surface area contributed by atoms with Crippen LogP contribution >= 0.6 is 0 Å². The summed E-state index contributed by atoms with van der Waals surface area (Å²) in [7, 11) is 0. The van der Waals surface area contributed by atoms with Gasteiger partial charge in [0.2, 0.25) is 0 Å². The van der Waals surface area contributed by atoms with E-state index in [-0.39, 0.29) is 17.1 Å². The van der Waals surface area contributed by atoms with Crippen molar-refractivity contribution in [3.05, 3.63) is 58.7 Å². The lowest BCUT2D eigenvalue weighted by atomic mass is 10.1. The Morgan fingerprint density at radius 3 is 2.35 bits per heavy atom. The van der Waals surface area contributed by atoms with Gasteiger partial charge in [0.25, 0.3) is 0 Å². The second kappa shape index (κ2) is 5.59. The Morgan fingerprint density at radius 1 is 1.00 bits per heavy atom. The van der Waals surface area contributed by atoms with E-state index in [1.165, 1.54) is 25.1 Å². The summed E-state index contributed by atoms with van der Waals surface area (Å²) in [6, 6.07) is 7.17. The van der Waals surface area contributed by atoms with E-state index in [9.17, 15) is 13.9 Å². The van der Waals surface area contributed by atoms with Gasteiger partial charge in [-0.05, 0) is 56.2 Å². The first-order chi connectivity index (χ1) is 9.38. The van der Waals surface area contributed by atoms with Crippen molar-refractivity contribution >= 4 is 0 Å². The van der Waals surface area contributed by atoms with Gasteiger partial charge < -0.3 is 9.84 Å². The molecule has 106 valence electrons. The van der Waals surface area contributed by atoms with Crippen LogP contribution in [0.25, 0.3) is 0 Å². The second-order valence-corrected chi connectivity index (χ2v) is 4.85. The minimum atomic E-state index is -0.909. The first kappa shape index (κ1) is 14.5. The summed E-state index contributed by atoms with van der Waals surface area (Å²) in [6.07, 6.45) is -0.909. The Hall–Kier alpha value is -1.94. The van der Waals surface area contributed by atoms with Crippen molar-refractivity contribution in [2.24, 2.45) is 0 Å². The molecule has 0 unspecified atom stereocenters. The molecule has 2 aromatic carbocycles. The third-order valence-corrected chi connectivity index (χ3v) is 3.05. The quantitative estimate of drug-likeness (QED) is 0.900. The van der Waals surface area contributed by atoms with E-state index in [4.69, 9.17) is 4.74 Å². The fourth-order valence-corrected chi connectivity index (χ4v) is 1.89. The van der Waals surface area contributed by atoms with Gasteiger partial charge in [0.1, 0.15) is 11.6 Å². The van der Waals surface area contributed by atoms with Gasteiger partial charge in [0, 0.05) is 5.56 Å². The highest BCUT2D eigenvalue weighted by atomic mass is 19.1. The van der Waals surface area contributed by atoms with Crippen LogP contribution in [0.15, 0.2) is 30.3 Å². The SMILES string of the molecule is Cc1ccc(F)c(Oc2cc(C)c(F)cc2[C@H](C)O)c1. The van der Waals surface area contributed by atoms with Crippen molar-refractivity contribution in [3.8, 4) is 11.5 Å². The summed E-state index contributed by atoms with van der Waals surface area (Å²) >= 11 is 0. The second-order valence-electron chi connectivity index (χ2n) is 4.85. The summed E-state index contributed by atoms with van der Waals surface area (Å²) in [6.45, 7) is 4.90. The Balaban J connectivity index is 2.47. The van der Waals surface area contributed by atoms with E-state index in [0.717, 1.165) is 5.56 Å². The van der Waals surface area contributed by atoms with Gasteiger partial charge >= 0.3 is 0 Å². The van der Waals surface area contributed by atoms with E-state index in [0.29, 0.717) is 5.56 Å². The zero-order chi connectivity index (χ0) is 14.9. The molecule has 0 aromatic heterocycles. The third-order valence-electron chi connectivity index (χ3n) is 3.05. The normalized spacial score (nSPS) is 12.3. The lowest BCUT2D eigenvalue weighted by Gasteiger charge is -2.15. The first-order valence-electron chi connectivity index (χ1n) is 6.30. The molecule has 0 heterocycles.